The summed E-state index contributed by atoms with van der Waals surface area (Å²) in [4.78, 5) is 5.44. The monoisotopic (exact) mass is 236 g/mol. The van der Waals surface area contributed by atoms with Gasteiger partial charge in [-0.05, 0) is 24.1 Å². The topological polar surface area (TPSA) is 38.9 Å². The highest BCUT2D eigenvalue weighted by Crippen LogP contribution is 2.24. The maximum Gasteiger partial charge on any atom is 0.180 e. The number of hydrogen-bond acceptors (Lipinski definition) is 3. The zero-order valence-corrected chi connectivity index (χ0v) is 9.85. The summed E-state index contributed by atoms with van der Waals surface area (Å²) in [6, 6.07) is 6.55. The molecule has 2 rings (SSSR count). The number of halogens is 1. The molecule has 84 valence electrons. The molecule has 1 heterocycles. The van der Waals surface area contributed by atoms with Crippen LogP contribution in [0.25, 0.3) is 0 Å². The number of nitrogens with zero attached hydrogens (tertiary/aromatic N) is 1. The van der Waals surface area contributed by atoms with E-state index in [2.05, 4.69) is 11.9 Å². The van der Waals surface area contributed by atoms with Crippen LogP contribution in [0.4, 0.5) is 9.52 Å². The Labute approximate surface area is 97.9 Å². The van der Waals surface area contributed by atoms with Gasteiger partial charge in [0.05, 0.1) is 5.69 Å². The second kappa shape index (κ2) is 4.61. The predicted octanol–water partition coefficient (Wildman–Crippen LogP) is 3.02. The first-order valence-electron chi connectivity index (χ1n) is 5.17. The maximum absolute atomic E-state index is 12.7. The first-order valence-corrected chi connectivity index (χ1v) is 5.99. The molecule has 1 aromatic heterocycles. The number of rotatable bonds is 3. The standard InChI is InChI=1S/C12H13FN2S/c1-2-10-11(16-12(14)15-10)7-8-3-5-9(13)6-4-8/h3-6H,2,7H2,1H3,(H2,14,15). The van der Waals surface area contributed by atoms with E-state index < -0.39 is 0 Å². The van der Waals surface area contributed by atoms with Gasteiger partial charge in [0.1, 0.15) is 5.82 Å². The molecule has 0 aliphatic carbocycles. The summed E-state index contributed by atoms with van der Waals surface area (Å²) in [6.07, 6.45) is 1.66. The first-order chi connectivity index (χ1) is 7.69. The van der Waals surface area contributed by atoms with Crippen molar-refractivity contribution in [3.8, 4) is 0 Å². The highest BCUT2D eigenvalue weighted by molar-refractivity contribution is 7.15. The van der Waals surface area contributed by atoms with Crippen LogP contribution in [-0.2, 0) is 12.8 Å². The zero-order valence-electron chi connectivity index (χ0n) is 9.03. The van der Waals surface area contributed by atoms with Gasteiger partial charge in [0.15, 0.2) is 5.13 Å². The van der Waals surface area contributed by atoms with E-state index >= 15 is 0 Å². The van der Waals surface area contributed by atoms with Crippen molar-refractivity contribution < 1.29 is 4.39 Å². The zero-order chi connectivity index (χ0) is 11.5. The Kier molecular flexibility index (Phi) is 3.19. The third-order valence-electron chi connectivity index (χ3n) is 2.41. The molecular weight excluding hydrogens is 223 g/mol. The van der Waals surface area contributed by atoms with Crippen LogP contribution in [0, 0.1) is 5.82 Å². The third-order valence-corrected chi connectivity index (χ3v) is 3.33. The number of hydrogen-bond donors (Lipinski definition) is 1. The van der Waals surface area contributed by atoms with Crippen LogP contribution in [0.3, 0.4) is 0 Å². The van der Waals surface area contributed by atoms with E-state index in [4.69, 9.17) is 5.73 Å². The number of thiazole rings is 1. The first kappa shape index (κ1) is 11.1. The van der Waals surface area contributed by atoms with Gasteiger partial charge >= 0.3 is 0 Å². The lowest BCUT2D eigenvalue weighted by molar-refractivity contribution is 0.627. The molecule has 0 aliphatic rings. The van der Waals surface area contributed by atoms with Gasteiger partial charge in [0, 0.05) is 11.3 Å². The minimum absolute atomic E-state index is 0.205. The predicted molar refractivity (Wildman–Crippen MR) is 65.1 cm³/mol. The fraction of sp³-hybridized carbons (Fsp3) is 0.250. The molecule has 4 heteroatoms. The SMILES string of the molecule is CCc1nc(N)sc1Cc1ccc(F)cc1. The van der Waals surface area contributed by atoms with Crippen molar-refractivity contribution in [2.75, 3.05) is 5.73 Å². The molecule has 0 aliphatic heterocycles. The fourth-order valence-corrected chi connectivity index (χ4v) is 2.56. The largest absolute Gasteiger partial charge is 0.375 e. The summed E-state index contributed by atoms with van der Waals surface area (Å²) < 4.78 is 12.7. The average molecular weight is 236 g/mol. The second-order valence-electron chi connectivity index (χ2n) is 3.58. The Bertz CT molecular complexity index is 476. The van der Waals surface area contributed by atoms with Gasteiger partial charge in [-0.2, -0.15) is 0 Å². The molecule has 2 N–H and O–H groups in total. The van der Waals surface area contributed by atoms with Crippen LogP contribution < -0.4 is 5.73 Å². The Morgan fingerprint density at radius 2 is 2.00 bits per heavy atom. The van der Waals surface area contributed by atoms with Crippen molar-refractivity contribution >= 4 is 16.5 Å². The van der Waals surface area contributed by atoms with E-state index in [9.17, 15) is 4.39 Å². The molecule has 0 atom stereocenters. The lowest BCUT2D eigenvalue weighted by atomic mass is 10.1. The minimum atomic E-state index is -0.205. The quantitative estimate of drug-likeness (QED) is 0.889. The smallest absolute Gasteiger partial charge is 0.180 e. The minimum Gasteiger partial charge on any atom is -0.375 e. The summed E-state index contributed by atoms with van der Waals surface area (Å²) in [5.41, 5.74) is 7.81. The van der Waals surface area contributed by atoms with Crippen molar-refractivity contribution in [3.05, 3.63) is 46.2 Å². The van der Waals surface area contributed by atoms with Gasteiger partial charge in [-0.15, -0.1) is 11.3 Å². The summed E-state index contributed by atoms with van der Waals surface area (Å²) >= 11 is 1.51. The van der Waals surface area contributed by atoms with Crippen molar-refractivity contribution in [1.29, 1.82) is 0 Å². The lowest BCUT2D eigenvalue weighted by Crippen LogP contribution is -1.91. The van der Waals surface area contributed by atoms with Crippen LogP contribution in [-0.4, -0.2) is 4.98 Å². The van der Waals surface area contributed by atoms with E-state index in [-0.39, 0.29) is 5.82 Å². The van der Waals surface area contributed by atoms with E-state index in [1.165, 1.54) is 28.3 Å². The summed E-state index contributed by atoms with van der Waals surface area (Å²) in [5.74, 6) is -0.205. The second-order valence-corrected chi connectivity index (χ2v) is 4.69. The van der Waals surface area contributed by atoms with Crippen LogP contribution in [0.2, 0.25) is 0 Å². The van der Waals surface area contributed by atoms with Gasteiger partial charge in [-0.3, -0.25) is 0 Å². The number of anilines is 1. The molecule has 0 amide bonds. The van der Waals surface area contributed by atoms with Gasteiger partial charge < -0.3 is 5.73 Å². The Morgan fingerprint density at radius 1 is 1.31 bits per heavy atom. The van der Waals surface area contributed by atoms with Gasteiger partial charge in [-0.25, -0.2) is 9.37 Å². The van der Waals surface area contributed by atoms with E-state index in [1.807, 2.05) is 0 Å². The molecule has 0 unspecified atom stereocenters. The molecule has 0 spiro atoms. The van der Waals surface area contributed by atoms with Gasteiger partial charge in [-0.1, -0.05) is 19.1 Å². The normalized spacial score (nSPS) is 10.6. The highest BCUT2D eigenvalue weighted by Gasteiger charge is 2.08. The van der Waals surface area contributed by atoms with Crippen molar-refractivity contribution in [2.24, 2.45) is 0 Å². The Hall–Kier alpha value is -1.42. The average Bonchev–Trinajstić information content (AvgIpc) is 2.62. The molecule has 0 saturated heterocycles. The van der Waals surface area contributed by atoms with E-state index in [0.717, 1.165) is 24.1 Å². The van der Waals surface area contributed by atoms with Crippen LogP contribution in [0.5, 0.6) is 0 Å². The molecular formula is C12H13FN2S. The summed E-state index contributed by atoms with van der Waals surface area (Å²) in [7, 11) is 0. The molecule has 16 heavy (non-hydrogen) atoms. The molecule has 2 nitrogen and oxygen atoms in total. The number of aromatic nitrogens is 1. The number of nitrogen functional groups attached to an aromatic ring is 1. The summed E-state index contributed by atoms with van der Waals surface area (Å²) in [5, 5.41) is 0.606. The number of nitrogens with two attached hydrogens (primary N) is 1. The molecule has 0 bridgehead atoms. The molecule has 2 aromatic rings. The molecule has 1 aromatic carbocycles. The highest BCUT2D eigenvalue weighted by atomic mass is 32.1. The van der Waals surface area contributed by atoms with Gasteiger partial charge in [0.2, 0.25) is 0 Å². The van der Waals surface area contributed by atoms with E-state index in [0.29, 0.717) is 5.13 Å². The molecule has 0 saturated carbocycles. The molecule has 0 radical (unpaired) electrons. The third kappa shape index (κ3) is 2.39. The van der Waals surface area contributed by atoms with E-state index in [1.54, 1.807) is 12.1 Å². The van der Waals surface area contributed by atoms with Crippen LogP contribution in [0.1, 0.15) is 23.1 Å². The van der Waals surface area contributed by atoms with Crippen molar-refractivity contribution in [2.45, 2.75) is 19.8 Å². The van der Waals surface area contributed by atoms with Crippen molar-refractivity contribution in [1.82, 2.24) is 4.98 Å². The Morgan fingerprint density at radius 3 is 2.62 bits per heavy atom. The van der Waals surface area contributed by atoms with Crippen LogP contribution in [0.15, 0.2) is 24.3 Å². The van der Waals surface area contributed by atoms with Crippen LogP contribution >= 0.6 is 11.3 Å². The Balaban J connectivity index is 2.22. The van der Waals surface area contributed by atoms with Gasteiger partial charge in [0.25, 0.3) is 0 Å². The lowest BCUT2D eigenvalue weighted by Gasteiger charge is -2.00. The molecule has 0 fully saturated rings. The fourth-order valence-electron chi connectivity index (χ4n) is 1.61. The number of benzene rings is 1. The summed E-state index contributed by atoms with van der Waals surface area (Å²) in [6.45, 7) is 2.06. The maximum atomic E-state index is 12.7. The van der Waals surface area contributed by atoms with Crippen molar-refractivity contribution in [3.63, 3.8) is 0 Å². The number of aryl methyl sites for hydroxylation is 1.